The van der Waals surface area contributed by atoms with Crippen molar-refractivity contribution in [1.82, 2.24) is 5.32 Å². The zero-order valence-corrected chi connectivity index (χ0v) is 12.4. The molecule has 0 aromatic carbocycles. The van der Waals surface area contributed by atoms with Crippen molar-refractivity contribution < 1.29 is 0 Å². The van der Waals surface area contributed by atoms with E-state index in [0.717, 1.165) is 19.0 Å². The first-order valence-electron chi connectivity index (χ1n) is 8.03. The third-order valence-electron chi connectivity index (χ3n) is 5.69. The van der Waals surface area contributed by atoms with Crippen LogP contribution in [0.25, 0.3) is 0 Å². The van der Waals surface area contributed by atoms with E-state index in [0.29, 0.717) is 10.8 Å². The molecule has 2 rings (SSSR count). The average Bonchev–Trinajstić information content (AvgIpc) is 3.14. The molecule has 0 aromatic heterocycles. The van der Waals surface area contributed by atoms with E-state index in [-0.39, 0.29) is 0 Å². The lowest BCUT2D eigenvalue weighted by Crippen LogP contribution is -2.42. The Morgan fingerprint density at radius 3 is 2.00 bits per heavy atom. The van der Waals surface area contributed by atoms with Gasteiger partial charge in [0, 0.05) is 13.1 Å². The summed E-state index contributed by atoms with van der Waals surface area (Å²) in [4.78, 5) is 0. The summed E-state index contributed by atoms with van der Waals surface area (Å²) in [5, 5.41) is 3.78. The van der Waals surface area contributed by atoms with Gasteiger partial charge in [-0.05, 0) is 49.0 Å². The number of hydrogen-bond acceptors (Lipinski definition) is 2. The minimum absolute atomic E-state index is 0.406. The highest BCUT2D eigenvalue weighted by Gasteiger charge is 2.45. The van der Waals surface area contributed by atoms with E-state index in [9.17, 15) is 0 Å². The molecule has 0 amide bonds. The Bertz CT molecular complexity index is 248. The van der Waals surface area contributed by atoms with Crippen molar-refractivity contribution in [3.63, 3.8) is 0 Å². The van der Waals surface area contributed by atoms with Crippen LogP contribution in [0.3, 0.4) is 0 Å². The van der Waals surface area contributed by atoms with Gasteiger partial charge in [0.2, 0.25) is 0 Å². The zero-order valence-electron chi connectivity index (χ0n) is 12.4. The zero-order chi connectivity index (χ0) is 13.1. The van der Waals surface area contributed by atoms with Crippen LogP contribution >= 0.6 is 0 Å². The van der Waals surface area contributed by atoms with E-state index in [4.69, 9.17) is 5.73 Å². The van der Waals surface area contributed by atoms with E-state index in [1.165, 1.54) is 57.9 Å². The largest absolute Gasteiger partial charge is 0.330 e. The maximum Gasteiger partial charge on any atom is 0.00201 e. The summed E-state index contributed by atoms with van der Waals surface area (Å²) in [5.74, 6) is 0.827. The summed E-state index contributed by atoms with van der Waals surface area (Å²) < 4.78 is 0. The normalized spacial score (nSPS) is 26.0. The summed E-state index contributed by atoms with van der Waals surface area (Å²) in [7, 11) is 0. The molecule has 106 valence electrons. The predicted octanol–water partition coefficient (Wildman–Crippen LogP) is 3.31. The predicted molar refractivity (Wildman–Crippen MR) is 78.6 cm³/mol. The molecule has 0 atom stereocenters. The van der Waals surface area contributed by atoms with Crippen LogP contribution in [-0.4, -0.2) is 19.6 Å². The molecule has 2 heteroatoms. The molecule has 0 aliphatic heterocycles. The molecule has 18 heavy (non-hydrogen) atoms. The highest BCUT2D eigenvalue weighted by atomic mass is 14.9. The van der Waals surface area contributed by atoms with Crippen molar-refractivity contribution in [2.24, 2.45) is 22.5 Å². The van der Waals surface area contributed by atoms with Crippen LogP contribution < -0.4 is 11.1 Å². The van der Waals surface area contributed by atoms with Crippen LogP contribution in [0.4, 0.5) is 0 Å². The lowest BCUT2D eigenvalue weighted by molar-refractivity contribution is 0.226. The molecule has 0 aromatic rings. The molecule has 2 nitrogen and oxygen atoms in total. The fourth-order valence-electron chi connectivity index (χ4n) is 3.63. The lowest BCUT2D eigenvalue weighted by atomic mass is 9.80. The fourth-order valence-corrected chi connectivity index (χ4v) is 3.63. The van der Waals surface area contributed by atoms with Gasteiger partial charge < -0.3 is 11.1 Å². The van der Waals surface area contributed by atoms with Gasteiger partial charge in [0.15, 0.2) is 0 Å². The van der Waals surface area contributed by atoms with Gasteiger partial charge in [0.25, 0.3) is 0 Å². The second-order valence-electron chi connectivity index (χ2n) is 7.24. The Labute approximate surface area is 113 Å². The second-order valence-corrected chi connectivity index (χ2v) is 7.24. The van der Waals surface area contributed by atoms with Gasteiger partial charge in [0.05, 0.1) is 0 Å². The maximum absolute atomic E-state index is 6.09. The molecule has 2 fully saturated rings. The SMILES string of the molecule is CC(C)C1(CNCC2(CN)CCCCCC2)CC1. The molecule has 0 unspecified atom stereocenters. The van der Waals surface area contributed by atoms with E-state index < -0.39 is 0 Å². The first-order valence-corrected chi connectivity index (χ1v) is 8.03. The average molecular weight is 252 g/mol. The summed E-state index contributed by atoms with van der Waals surface area (Å²) in [6, 6.07) is 0. The van der Waals surface area contributed by atoms with Gasteiger partial charge >= 0.3 is 0 Å². The second kappa shape index (κ2) is 5.92. The van der Waals surface area contributed by atoms with E-state index in [2.05, 4.69) is 19.2 Å². The first-order chi connectivity index (χ1) is 8.63. The molecule has 2 saturated carbocycles. The molecule has 2 aliphatic carbocycles. The van der Waals surface area contributed by atoms with Crippen LogP contribution in [0.1, 0.15) is 65.2 Å². The van der Waals surface area contributed by atoms with E-state index in [1.54, 1.807) is 0 Å². The monoisotopic (exact) mass is 252 g/mol. The summed E-state index contributed by atoms with van der Waals surface area (Å²) >= 11 is 0. The standard InChI is InChI=1S/C16H32N2/c1-14(2)16(9-10-16)13-18-12-15(11-17)7-5-3-4-6-8-15/h14,18H,3-13,17H2,1-2H3. The van der Waals surface area contributed by atoms with Gasteiger partial charge in [-0.1, -0.05) is 39.5 Å². The highest BCUT2D eigenvalue weighted by molar-refractivity contribution is 4.98. The summed E-state index contributed by atoms with van der Waals surface area (Å²) in [6.07, 6.45) is 11.1. The third kappa shape index (κ3) is 3.27. The Hall–Kier alpha value is -0.0800. The Balaban J connectivity index is 1.79. The van der Waals surface area contributed by atoms with E-state index in [1.807, 2.05) is 0 Å². The topological polar surface area (TPSA) is 38.0 Å². The van der Waals surface area contributed by atoms with Crippen LogP contribution in [0.5, 0.6) is 0 Å². The summed E-state index contributed by atoms with van der Waals surface area (Å²) in [5.41, 5.74) is 7.12. The van der Waals surface area contributed by atoms with Gasteiger partial charge in [-0.2, -0.15) is 0 Å². The molecule has 0 spiro atoms. The van der Waals surface area contributed by atoms with Gasteiger partial charge in [0.1, 0.15) is 0 Å². The minimum Gasteiger partial charge on any atom is -0.330 e. The van der Waals surface area contributed by atoms with Gasteiger partial charge in [-0.15, -0.1) is 0 Å². The molecule has 0 heterocycles. The fraction of sp³-hybridized carbons (Fsp3) is 1.00. The quantitative estimate of drug-likeness (QED) is 0.712. The van der Waals surface area contributed by atoms with Crippen molar-refractivity contribution in [3.8, 4) is 0 Å². The third-order valence-corrected chi connectivity index (χ3v) is 5.69. The van der Waals surface area contributed by atoms with Crippen LogP contribution in [0.2, 0.25) is 0 Å². The maximum atomic E-state index is 6.09. The van der Waals surface area contributed by atoms with Crippen LogP contribution in [0.15, 0.2) is 0 Å². The van der Waals surface area contributed by atoms with Gasteiger partial charge in [-0.25, -0.2) is 0 Å². The van der Waals surface area contributed by atoms with Crippen molar-refractivity contribution in [2.75, 3.05) is 19.6 Å². The first kappa shape index (κ1) is 14.3. The number of nitrogens with one attached hydrogen (secondary N) is 1. The molecule has 3 N–H and O–H groups in total. The minimum atomic E-state index is 0.406. The van der Waals surface area contributed by atoms with Gasteiger partial charge in [-0.3, -0.25) is 0 Å². The molecular formula is C16H32N2. The molecular weight excluding hydrogens is 220 g/mol. The Morgan fingerprint density at radius 1 is 0.944 bits per heavy atom. The van der Waals surface area contributed by atoms with Crippen LogP contribution in [0, 0.1) is 16.7 Å². The van der Waals surface area contributed by atoms with Crippen molar-refractivity contribution in [3.05, 3.63) is 0 Å². The van der Waals surface area contributed by atoms with Crippen LogP contribution in [-0.2, 0) is 0 Å². The number of hydrogen-bond donors (Lipinski definition) is 2. The number of nitrogens with two attached hydrogens (primary N) is 1. The number of rotatable bonds is 6. The molecule has 2 aliphatic rings. The van der Waals surface area contributed by atoms with Crippen molar-refractivity contribution >= 4 is 0 Å². The Kier molecular flexibility index (Phi) is 4.71. The van der Waals surface area contributed by atoms with Crippen molar-refractivity contribution in [1.29, 1.82) is 0 Å². The van der Waals surface area contributed by atoms with E-state index >= 15 is 0 Å². The molecule has 0 bridgehead atoms. The van der Waals surface area contributed by atoms with Crippen molar-refractivity contribution in [2.45, 2.75) is 65.2 Å². The Morgan fingerprint density at radius 2 is 1.56 bits per heavy atom. The molecule has 0 saturated heterocycles. The smallest absolute Gasteiger partial charge is 0.00201 e. The summed E-state index contributed by atoms with van der Waals surface area (Å²) in [6.45, 7) is 7.98. The highest BCUT2D eigenvalue weighted by Crippen LogP contribution is 2.51. The molecule has 0 radical (unpaired) electrons. The lowest BCUT2D eigenvalue weighted by Gasteiger charge is -2.33.